The van der Waals surface area contributed by atoms with Gasteiger partial charge in [-0.05, 0) is 35.6 Å². The number of nitrogens with zero attached hydrogens (tertiary/aromatic N) is 3. The smallest absolute Gasteiger partial charge is 0.270 e. The third kappa shape index (κ3) is 4.67. The van der Waals surface area contributed by atoms with Crippen molar-refractivity contribution in [1.82, 2.24) is 20.3 Å². The Labute approximate surface area is 159 Å². The zero-order chi connectivity index (χ0) is 19.2. The van der Waals surface area contributed by atoms with Crippen LogP contribution in [0.25, 0.3) is 0 Å². The van der Waals surface area contributed by atoms with Crippen molar-refractivity contribution >= 4 is 17.4 Å². The van der Waals surface area contributed by atoms with Gasteiger partial charge >= 0.3 is 0 Å². The van der Waals surface area contributed by atoms with E-state index < -0.39 is 0 Å². The zero-order valence-corrected chi connectivity index (χ0v) is 15.7. The second-order valence-electron chi connectivity index (χ2n) is 6.65. The molecule has 0 aliphatic carbocycles. The molecule has 0 radical (unpaired) electrons. The maximum atomic E-state index is 12.4. The quantitative estimate of drug-likeness (QED) is 0.694. The van der Waals surface area contributed by atoms with E-state index >= 15 is 0 Å². The summed E-state index contributed by atoms with van der Waals surface area (Å²) in [6.45, 7) is 6.75. The van der Waals surface area contributed by atoms with E-state index in [1.165, 1.54) is 11.9 Å². The maximum Gasteiger partial charge on any atom is 0.270 e. The van der Waals surface area contributed by atoms with Crippen LogP contribution in [0.2, 0.25) is 0 Å². The van der Waals surface area contributed by atoms with Crippen LogP contribution >= 0.6 is 0 Å². The lowest BCUT2D eigenvalue weighted by atomic mass is 9.98. The SMILES string of the molecule is Cc1cccc(C(C)C)c1Nc1cc(C(=O)NCc2cccnc2)ncn1. The van der Waals surface area contributed by atoms with Crippen molar-refractivity contribution in [2.24, 2.45) is 0 Å². The van der Waals surface area contributed by atoms with Crippen molar-refractivity contribution in [2.75, 3.05) is 5.32 Å². The van der Waals surface area contributed by atoms with E-state index in [1.54, 1.807) is 18.5 Å². The summed E-state index contributed by atoms with van der Waals surface area (Å²) < 4.78 is 0. The van der Waals surface area contributed by atoms with Crippen molar-refractivity contribution in [2.45, 2.75) is 33.2 Å². The number of amides is 1. The number of rotatable bonds is 6. The number of carbonyl (C=O) groups excluding carboxylic acids is 1. The largest absolute Gasteiger partial charge is 0.347 e. The van der Waals surface area contributed by atoms with Gasteiger partial charge in [0.2, 0.25) is 0 Å². The predicted molar refractivity (Wildman–Crippen MR) is 106 cm³/mol. The first-order chi connectivity index (χ1) is 13.0. The molecule has 0 bridgehead atoms. The van der Waals surface area contributed by atoms with Crippen LogP contribution in [-0.2, 0) is 6.54 Å². The summed E-state index contributed by atoms with van der Waals surface area (Å²) in [4.78, 5) is 24.8. The average molecular weight is 361 g/mol. The lowest BCUT2D eigenvalue weighted by Crippen LogP contribution is -2.24. The van der Waals surface area contributed by atoms with Crippen LogP contribution in [-0.4, -0.2) is 20.9 Å². The molecule has 6 heteroatoms. The molecule has 0 spiro atoms. The van der Waals surface area contributed by atoms with E-state index in [2.05, 4.69) is 58.5 Å². The summed E-state index contributed by atoms with van der Waals surface area (Å²) in [5.41, 5.74) is 4.60. The molecular weight excluding hydrogens is 338 g/mol. The Hall–Kier alpha value is -3.28. The Balaban J connectivity index is 1.75. The summed E-state index contributed by atoms with van der Waals surface area (Å²) in [7, 11) is 0. The summed E-state index contributed by atoms with van der Waals surface area (Å²) in [6, 6.07) is 11.6. The summed E-state index contributed by atoms with van der Waals surface area (Å²) in [5, 5.41) is 6.20. The van der Waals surface area contributed by atoms with Gasteiger partial charge in [-0.1, -0.05) is 38.1 Å². The standard InChI is InChI=1S/C21H23N5O/c1-14(2)17-8-4-6-15(3)20(17)26-19-10-18(24-13-25-19)21(27)23-12-16-7-5-9-22-11-16/h4-11,13-14H,12H2,1-3H3,(H,23,27)(H,24,25,26). The molecule has 6 nitrogen and oxygen atoms in total. The van der Waals surface area contributed by atoms with E-state index in [0.29, 0.717) is 24.0 Å². The highest BCUT2D eigenvalue weighted by molar-refractivity contribution is 5.93. The number of para-hydroxylation sites is 1. The number of aryl methyl sites for hydroxylation is 1. The number of benzene rings is 1. The Kier molecular flexibility index (Phi) is 5.76. The first kappa shape index (κ1) is 18.5. The molecule has 2 N–H and O–H groups in total. The minimum Gasteiger partial charge on any atom is -0.347 e. The minimum atomic E-state index is -0.252. The summed E-state index contributed by atoms with van der Waals surface area (Å²) >= 11 is 0. The number of pyridine rings is 1. The van der Waals surface area contributed by atoms with Crippen molar-refractivity contribution in [3.8, 4) is 0 Å². The molecule has 1 aromatic carbocycles. The molecule has 2 aromatic heterocycles. The van der Waals surface area contributed by atoms with E-state index in [4.69, 9.17) is 0 Å². The Morgan fingerprint density at radius 3 is 2.74 bits per heavy atom. The van der Waals surface area contributed by atoms with Gasteiger partial charge in [0.05, 0.1) is 0 Å². The van der Waals surface area contributed by atoms with Crippen LogP contribution in [0, 0.1) is 6.92 Å². The van der Waals surface area contributed by atoms with Crippen LogP contribution in [0.3, 0.4) is 0 Å². The first-order valence-corrected chi connectivity index (χ1v) is 8.90. The molecule has 2 heterocycles. The van der Waals surface area contributed by atoms with E-state index in [9.17, 15) is 4.79 Å². The van der Waals surface area contributed by atoms with Gasteiger partial charge in [0.25, 0.3) is 5.91 Å². The molecular formula is C21H23N5O. The van der Waals surface area contributed by atoms with Gasteiger partial charge in [0.1, 0.15) is 17.8 Å². The molecule has 0 atom stereocenters. The fourth-order valence-corrected chi connectivity index (χ4v) is 2.80. The molecule has 0 saturated heterocycles. The lowest BCUT2D eigenvalue weighted by molar-refractivity contribution is 0.0945. The first-order valence-electron chi connectivity index (χ1n) is 8.90. The topological polar surface area (TPSA) is 79.8 Å². The predicted octanol–water partition coefficient (Wildman–Crippen LogP) is 3.98. The maximum absolute atomic E-state index is 12.4. The fourth-order valence-electron chi connectivity index (χ4n) is 2.80. The minimum absolute atomic E-state index is 0.252. The number of carbonyl (C=O) groups is 1. The third-order valence-corrected chi connectivity index (χ3v) is 4.26. The number of nitrogens with one attached hydrogen (secondary N) is 2. The van der Waals surface area contributed by atoms with Crippen molar-refractivity contribution < 1.29 is 4.79 Å². The molecule has 0 aliphatic heterocycles. The van der Waals surface area contributed by atoms with E-state index in [0.717, 1.165) is 16.8 Å². The second kappa shape index (κ2) is 8.40. The highest BCUT2D eigenvalue weighted by Crippen LogP contribution is 2.29. The normalized spacial score (nSPS) is 10.7. The van der Waals surface area contributed by atoms with Gasteiger partial charge in [-0.3, -0.25) is 9.78 Å². The van der Waals surface area contributed by atoms with Gasteiger partial charge in [-0.2, -0.15) is 0 Å². The molecule has 0 saturated carbocycles. The van der Waals surface area contributed by atoms with Crippen LogP contribution in [0.5, 0.6) is 0 Å². The molecule has 3 rings (SSSR count). The molecule has 27 heavy (non-hydrogen) atoms. The van der Waals surface area contributed by atoms with Crippen LogP contribution < -0.4 is 10.6 Å². The van der Waals surface area contributed by atoms with Gasteiger partial charge in [-0.15, -0.1) is 0 Å². The van der Waals surface area contributed by atoms with E-state index in [1.807, 2.05) is 18.2 Å². The van der Waals surface area contributed by atoms with Crippen molar-refractivity contribution in [3.63, 3.8) is 0 Å². The molecule has 0 aliphatic rings. The Bertz CT molecular complexity index is 925. The number of hydrogen-bond acceptors (Lipinski definition) is 5. The van der Waals surface area contributed by atoms with Gasteiger partial charge in [0, 0.05) is 30.7 Å². The van der Waals surface area contributed by atoms with Crippen LogP contribution in [0.15, 0.2) is 55.1 Å². The molecule has 0 fully saturated rings. The third-order valence-electron chi connectivity index (χ3n) is 4.26. The Morgan fingerprint density at radius 2 is 2.00 bits per heavy atom. The van der Waals surface area contributed by atoms with Gasteiger partial charge in [-0.25, -0.2) is 9.97 Å². The monoisotopic (exact) mass is 361 g/mol. The molecule has 1 amide bonds. The highest BCUT2D eigenvalue weighted by atomic mass is 16.1. The zero-order valence-electron chi connectivity index (χ0n) is 15.7. The second-order valence-corrected chi connectivity index (χ2v) is 6.65. The average Bonchev–Trinajstić information content (AvgIpc) is 2.68. The van der Waals surface area contributed by atoms with Gasteiger partial charge in [0.15, 0.2) is 0 Å². The molecule has 138 valence electrons. The highest BCUT2D eigenvalue weighted by Gasteiger charge is 2.12. The fraction of sp³-hybridized carbons (Fsp3) is 0.238. The summed E-state index contributed by atoms with van der Waals surface area (Å²) in [5.74, 6) is 0.711. The number of anilines is 2. The summed E-state index contributed by atoms with van der Waals surface area (Å²) in [6.07, 6.45) is 4.82. The lowest BCUT2D eigenvalue weighted by Gasteiger charge is -2.17. The number of hydrogen-bond donors (Lipinski definition) is 2. The van der Waals surface area contributed by atoms with E-state index in [-0.39, 0.29) is 5.91 Å². The van der Waals surface area contributed by atoms with Crippen LogP contribution in [0.4, 0.5) is 11.5 Å². The van der Waals surface area contributed by atoms with Crippen molar-refractivity contribution in [1.29, 1.82) is 0 Å². The molecule has 0 unspecified atom stereocenters. The molecule has 3 aromatic rings. The number of aromatic nitrogens is 3. The van der Waals surface area contributed by atoms with Gasteiger partial charge < -0.3 is 10.6 Å². The Morgan fingerprint density at radius 1 is 1.15 bits per heavy atom. The van der Waals surface area contributed by atoms with Crippen LogP contribution in [0.1, 0.15) is 46.9 Å². The van der Waals surface area contributed by atoms with Crippen molar-refractivity contribution in [3.05, 3.63) is 77.5 Å².